The van der Waals surface area contributed by atoms with Gasteiger partial charge in [-0.3, -0.25) is 9.69 Å². The zero-order valence-corrected chi connectivity index (χ0v) is 14.7. The number of carbonyl (C=O) groups excluding carboxylic acids is 1. The van der Waals surface area contributed by atoms with Crippen molar-refractivity contribution < 1.29 is 4.79 Å². The molecule has 1 amide bonds. The Balaban J connectivity index is 1.69. The van der Waals surface area contributed by atoms with Crippen LogP contribution in [0.1, 0.15) is 30.0 Å². The minimum atomic E-state index is -0.0347. The lowest BCUT2D eigenvalue weighted by Gasteiger charge is -2.22. The standard InChI is InChI=1S/C20H23ClN2O/c1-23(18-11-12-18)14-20(24)22-19(16-5-3-2-4-6-16)13-15-7-9-17(21)10-8-15/h2-10,18-19H,11-14H2,1H3,(H,22,24). The van der Waals surface area contributed by atoms with E-state index in [4.69, 9.17) is 11.6 Å². The van der Waals surface area contributed by atoms with Crippen molar-refractivity contribution in [3.8, 4) is 0 Å². The third kappa shape index (κ3) is 4.83. The Labute approximate surface area is 148 Å². The highest BCUT2D eigenvalue weighted by molar-refractivity contribution is 6.30. The molecule has 0 bridgehead atoms. The molecule has 3 nitrogen and oxygen atoms in total. The van der Waals surface area contributed by atoms with Gasteiger partial charge in [0.15, 0.2) is 0 Å². The molecule has 0 aliphatic heterocycles. The normalized spacial score (nSPS) is 15.3. The predicted molar refractivity (Wildman–Crippen MR) is 98.1 cm³/mol. The molecule has 2 aromatic rings. The van der Waals surface area contributed by atoms with E-state index >= 15 is 0 Å². The van der Waals surface area contributed by atoms with Gasteiger partial charge in [0.25, 0.3) is 0 Å². The van der Waals surface area contributed by atoms with Gasteiger partial charge in [0, 0.05) is 11.1 Å². The van der Waals surface area contributed by atoms with Crippen LogP contribution < -0.4 is 5.32 Å². The van der Waals surface area contributed by atoms with Crippen LogP contribution in [0.2, 0.25) is 5.02 Å². The van der Waals surface area contributed by atoms with Gasteiger partial charge < -0.3 is 5.32 Å². The Hall–Kier alpha value is -1.84. The van der Waals surface area contributed by atoms with Gasteiger partial charge in [-0.15, -0.1) is 0 Å². The highest BCUT2D eigenvalue weighted by Gasteiger charge is 2.27. The van der Waals surface area contributed by atoms with E-state index in [0.29, 0.717) is 12.6 Å². The summed E-state index contributed by atoms with van der Waals surface area (Å²) in [6.07, 6.45) is 3.16. The fraction of sp³-hybridized carbons (Fsp3) is 0.350. The van der Waals surface area contributed by atoms with E-state index in [2.05, 4.69) is 22.3 Å². The fourth-order valence-electron chi connectivity index (χ4n) is 2.90. The van der Waals surface area contributed by atoms with Gasteiger partial charge in [-0.25, -0.2) is 0 Å². The monoisotopic (exact) mass is 342 g/mol. The van der Waals surface area contributed by atoms with Crippen LogP contribution in [-0.2, 0) is 11.2 Å². The van der Waals surface area contributed by atoms with Gasteiger partial charge in [0.2, 0.25) is 5.91 Å². The topological polar surface area (TPSA) is 32.3 Å². The van der Waals surface area contributed by atoms with Gasteiger partial charge >= 0.3 is 0 Å². The lowest BCUT2D eigenvalue weighted by molar-refractivity contribution is -0.122. The van der Waals surface area contributed by atoms with E-state index in [0.717, 1.165) is 22.6 Å². The van der Waals surface area contributed by atoms with Gasteiger partial charge in [-0.05, 0) is 49.6 Å². The molecule has 1 aliphatic carbocycles. The molecule has 1 aliphatic rings. The lowest BCUT2D eigenvalue weighted by atomic mass is 9.99. The van der Waals surface area contributed by atoms with Crippen LogP contribution in [-0.4, -0.2) is 30.4 Å². The summed E-state index contributed by atoms with van der Waals surface area (Å²) < 4.78 is 0. The Morgan fingerprint density at radius 1 is 1.17 bits per heavy atom. The summed E-state index contributed by atoms with van der Waals surface area (Å²) in [4.78, 5) is 14.6. The second-order valence-electron chi connectivity index (χ2n) is 6.51. The number of amides is 1. The SMILES string of the molecule is CN(CC(=O)NC(Cc1ccc(Cl)cc1)c1ccccc1)C1CC1. The summed E-state index contributed by atoms with van der Waals surface area (Å²) in [6.45, 7) is 0.453. The molecule has 0 heterocycles. The number of hydrogen-bond acceptors (Lipinski definition) is 2. The van der Waals surface area contributed by atoms with Gasteiger partial charge in [0.1, 0.15) is 0 Å². The number of nitrogens with zero attached hydrogens (tertiary/aromatic N) is 1. The van der Waals surface area contributed by atoms with Crippen LogP contribution >= 0.6 is 11.6 Å². The molecule has 1 N–H and O–H groups in total. The molecule has 2 aromatic carbocycles. The Morgan fingerprint density at radius 2 is 1.83 bits per heavy atom. The second kappa shape index (κ2) is 7.82. The van der Waals surface area contributed by atoms with Crippen molar-refractivity contribution in [2.75, 3.05) is 13.6 Å². The molecular weight excluding hydrogens is 320 g/mol. The molecule has 1 atom stereocenters. The molecule has 24 heavy (non-hydrogen) atoms. The first-order chi connectivity index (χ1) is 11.6. The van der Waals surface area contributed by atoms with Gasteiger partial charge in [-0.2, -0.15) is 0 Å². The van der Waals surface area contributed by atoms with Crippen LogP contribution in [0.4, 0.5) is 0 Å². The average Bonchev–Trinajstić information content (AvgIpc) is 3.42. The Bertz CT molecular complexity index is 668. The average molecular weight is 343 g/mol. The van der Waals surface area contributed by atoms with Crippen molar-refractivity contribution >= 4 is 17.5 Å². The highest BCUT2D eigenvalue weighted by atomic mass is 35.5. The maximum Gasteiger partial charge on any atom is 0.234 e. The first-order valence-electron chi connectivity index (χ1n) is 8.41. The van der Waals surface area contributed by atoms with Crippen LogP contribution in [0.15, 0.2) is 54.6 Å². The van der Waals surface area contributed by atoms with E-state index in [9.17, 15) is 4.79 Å². The lowest BCUT2D eigenvalue weighted by Crippen LogP contribution is -2.38. The third-order valence-electron chi connectivity index (χ3n) is 4.45. The van der Waals surface area contributed by atoms with Crippen molar-refractivity contribution in [3.05, 3.63) is 70.7 Å². The zero-order chi connectivity index (χ0) is 16.9. The van der Waals surface area contributed by atoms with Crippen molar-refractivity contribution in [1.29, 1.82) is 0 Å². The fourth-order valence-corrected chi connectivity index (χ4v) is 3.03. The molecule has 126 valence electrons. The zero-order valence-electron chi connectivity index (χ0n) is 13.9. The van der Waals surface area contributed by atoms with E-state index in [-0.39, 0.29) is 11.9 Å². The number of nitrogens with one attached hydrogen (secondary N) is 1. The summed E-state index contributed by atoms with van der Waals surface area (Å²) in [5.74, 6) is 0.0761. The number of likely N-dealkylation sites (N-methyl/N-ethyl adjacent to an activating group) is 1. The molecule has 1 saturated carbocycles. The minimum Gasteiger partial charge on any atom is -0.348 e. The van der Waals surface area contributed by atoms with Crippen molar-refractivity contribution in [1.82, 2.24) is 10.2 Å². The van der Waals surface area contributed by atoms with Crippen molar-refractivity contribution in [3.63, 3.8) is 0 Å². The van der Waals surface area contributed by atoms with E-state index in [1.807, 2.05) is 49.5 Å². The summed E-state index contributed by atoms with van der Waals surface area (Å²) in [5.41, 5.74) is 2.28. The molecule has 4 heteroatoms. The Morgan fingerprint density at radius 3 is 2.46 bits per heavy atom. The van der Waals surface area contributed by atoms with E-state index < -0.39 is 0 Å². The van der Waals surface area contributed by atoms with Gasteiger partial charge in [0.05, 0.1) is 12.6 Å². The van der Waals surface area contributed by atoms with Crippen molar-refractivity contribution in [2.24, 2.45) is 0 Å². The molecule has 0 radical (unpaired) electrons. The van der Waals surface area contributed by atoms with Crippen LogP contribution in [0, 0.1) is 0 Å². The molecule has 1 unspecified atom stereocenters. The van der Waals surface area contributed by atoms with Gasteiger partial charge in [-0.1, -0.05) is 54.1 Å². The van der Waals surface area contributed by atoms with Crippen LogP contribution in [0.3, 0.4) is 0 Å². The molecule has 3 rings (SSSR count). The first-order valence-corrected chi connectivity index (χ1v) is 8.78. The number of rotatable bonds is 7. The van der Waals surface area contributed by atoms with Crippen LogP contribution in [0.25, 0.3) is 0 Å². The highest BCUT2D eigenvalue weighted by Crippen LogP contribution is 2.25. The minimum absolute atomic E-state index is 0.0347. The number of benzene rings is 2. The predicted octanol–water partition coefficient (Wildman–Crippen LogP) is 3.83. The maximum atomic E-state index is 12.4. The number of hydrogen-bond donors (Lipinski definition) is 1. The van der Waals surface area contributed by atoms with E-state index in [1.165, 1.54) is 12.8 Å². The Kier molecular flexibility index (Phi) is 5.54. The quantitative estimate of drug-likeness (QED) is 0.829. The molecule has 0 aromatic heterocycles. The largest absolute Gasteiger partial charge is 0.348 e. The molecule has 0 spiro atoms. The molecule has 1 fully saturated rings. The molecule has 0 saturated heterocycles. The number of halogens is 1. The first kappa shape index (κ1) is 17.0. The smallest absolute Gasteiger partial charge is 0.234 e. The second-order valence-corrected chi connectivity index (χ2v) is 6.94. The van der Waals surface area contributed by atoms with Crippen LogP contribution in [0.5, 0.6) is 0 Å². The summed E-state index contributed by atoms with van der Waals surface area (Å²) in [7, 11) is 2.02. The van der Waals surface area contributed by atoms with E-state index in [1.54, 1.807) is 0 Å². The summed E-state index contributed by atoms with van der Waals surface area (Å²) in [6, 6.07) is 18.5. The number of carbonyl (C=O) groups is 1. The maximum absolute atomic E-state index is 12.4. The molecular formula is C20H23ClN2O. The third-order valence-corrected chi connectivity index (χ3v) is 4.71. The summed E-state index contributed by atoms with van der Waals surface area (Å²) in [5, 5.41) is 3.92. The summed E-state index contributed by atoms with van der Waals surface area (Å²) >= 11 is 5.97. The van der Waals surface area contributed by atoms with Crippen molar-refractivity contribution in [2.45, 2.75) is 31.3 Å².